The van der Waals surface area contributed by atoms with Gasteiger partial charge in [0.1, 0.15) is 12.6 Å². The number of carboxylic acid groups (broad SMARTS) is 1. The molecule has 0 rings (SSSR count). The summed E-state index contributed by atoms with van der Waals surface area (Å²) >= 11 is 0. The highest BCUT2D eigenvalue weighted by Gasteiger charge is 2.28. The molecule has 0 aliphatic carbocycles. The van der Waals surface area contributed by atoms with Crippen LogP contribution in [0.1, 0.15) is 162 Å². The molecule has 0 amide bonds. The van der Waals surface area contributed by atoms with Crippen LogP contribution in [0.3, 0.4) is 0 Å². The van der Waals surface area contributed by atoms with Gasteiger partial charge in [-0.05, 0) is 70.6 Å². The van der Waals surface area contributed by atoms with Crippen LogP contribution in [0.5, 0.6) is 0 Å². The minimum absolute atomic E-state index is 0.00792. The van der Waals surface area contributed by atoms with Crippen LogP contribution in [-0.2, 0) is 37.5 Å². The topological polar surface area (TPSA) is 192 Å². The monoisotopic (exact) mass is 878 g/mol. The first kappa shape index (κ1) is 57.6. The quantitative estimate of drug-likeness (QED) is 0.0150. The number of carboxylic acids is 1. The Kier molecular flexibility index (Phi) is 39.6. The van der Waals surface area contributed by atoms with E-state index in [1.807, 2.05) is 54.7 Å². The SMILES string of the molecule is CC/C=C\C/C=C\CC(O)/C=C/C=C\C/C=C\C/C=C\CCC(=O)O[C@H](COC(=O)CCCCCCCCC/C=C\CCCCCCCC)COP(=O)(O)OC[C@H](N)C(=O)O. The second-order valence-electron chi connectivity index (χ2n) is 15.0. The molecule has 0 saturated carbocycles. The molecule has 0 aliphatic heterocycles. The van der Waals surface area contributed by atoms with Crippen molar-refractivity contribution >= 4 is 25.7 Å². The molecule has 4 atom stereocenters. The van der Waals surface area contributed by atoms with E-state index in [1.54, 1.807) is 6.08 Å². The van der Waals surface area contributed by atoms with E-state index in [4.69, 9.17) is 24.8 Å². The van der Waals surface area contributed by atoms with E-state index in [2.05, 4.69) is 42.7 Å². The van der Waals surface area contributed by atoms with Crippen LogP contribution in [0.15, 0.2) is 85.1 Å². The van der Waals surface area contributed by atoms with Gasteiger partial charge in [0.15, 0.2) is 6.10 Å². The van der Waals surface area contributed by atoms with Crippen molar-refractivity contribution in [3.05, 3.63) is 85.1 Å². The van der Waals surface area contributed by atoms with Gasteiger partial charge < -0.3 is 30.3 Å². The molecule has 12 nitrogen and oxygen atoms in total. The highest BCUT2D eigenvalue weighted by molar-refractivity contribution is 7.47. The minimum atomic E-state index is -4.76. The molecule has 0 bridgehead atoms. The second kappa shape index (κ2) is 41.9. The Morgan fingerprint density at radius 3 is 1.79 bits per heavy atom. The summed E-state index contributed by atoms with van der Waals surface area (Å²) in [5.41, 5.74) is 5.33. The van der Waals surface area contributed by atoms with Crippen molar-refractivity contribution in [1.29, 1.82) is 0 Å². The predicted molar refractivity (Wildman–Crippen MR) is 246 cm³/mol. The Morgan fingerprint density at radius 2 is 1.15 bits per heavy atom. The average molecular weight is 878 g/mol. The number of nitrogens with two attached hydrogens (primary N) is 1. The molecule has 0 saturated heterocycles. The normalized spacial score (nSPS) is 15.0. The van der Waals surface area contributed by atoms with E-state index in [1.165, 1.54) is 57.8 Å². The van der Waals surface area contributed by atoms with Crippen molar-refractivity contribution in [3.63, 3.8) is 0 Å². The number of carbonyl (C=O) groups is 3. The van der Waals surface area contributed by atoms with E-state index in [0.717, 1.165) is 51.4 Å². The van der Waals surface area contributed by atoms with Crippen LogP contribution in [0.25, 0.3) is 0 Å². The Bertz CT molecular complexity index is 1370. The summed E-state index contributed by atoms with van der Waals surface area (Å²) in [5, 5.41) is 18.9. The molecule has 13 heteroatoms. The van der Waals surface area contributed by atoms with Crippen molar-refractivity contribution in [2.24, 2.45) is 5.73 Å². The van der Waals surface area contributed by atoms with Crippen molar-refractivity contribution in [2.45, 2.75) is 180 Å². The zero-order valence-electron chi connectivity index (χ0n) is 37.3. The summed E-state index contributed by atoms with van der Waals surface area (Å²) in [6.07, 6.45) is 48.3. The fourth-order valence-corrected chi connectivity index (χ4v) is 6.42. The van der Waals surface area contributed by atoms with Gasteiger partial charge >= 0.3 is 25.7 Å². The van der Waals surface area contributed by atoms with E-state index in [0.29, 0.717) is 25.7 Å². The Balaban J connectivity index is 4.54. The summed E-state index contributed by atoms with van der Waals surface area (Å²) in [4.78, 5) is 46.0. The molecule has 0 heterocycles. The molecule has 2 unspecified atom stereocenters. The lowest BCUT2D eigenvalue weighted by Gasteiger charge is -2.20. The van der Waals surface area contributed by atoms with Gasteiger partial charge in [0.25, 0.3) is 0 Å². The van der Waals surface area contributed by atoms with Gasteiger partial charge in [-0.2, -0.15) is 0 Å². The lowest BCUT2D eigenvalue weighted by Crippen LogP contribution is -2.34. The fourth-order valence-electron chi connectivity index (χ4n) is 5.64. The van der Waals surface area contributed by atoms with Crippen LogP contribution in [0.4, 0.5) is 0 Å². The second-order valence-corrected chi connectivity index (χ2v) is 16.5. The number of carbonyl (C=O) groups excluding carboxylic acids is 2. The van der Waals surface area contributed by atoms with Gasteiger partial charge in [0, 0.05) is 12.8 Å². The van der Waals surface area contributed by atoms with Crippen LogP contribution in [0.2, 0.25) is 0 Å². The Hall–Kier alpha value is -3.38. The maximum atomic E-state index is 12.6. The van der Waals surface area contributed by atoms with Gasteiger partial charge in [0.2, 0.25) is 0 Å². The number of esters is 2. The first-order valence-corrected chi connectivity index (χ1v) is 24.2. The maximum Gasteiger partial charge on any atom is 0.472 e. The van der Waals surface area contributed by atoms with Gasteiger partial charge in [-0.25, -0.2) is 4.57 Å². The third kappa shape index (κ3) is 41.7. The van der Waals surface area contributed by atoms with Crippen molar-refractivity contribution in [3.8, 4) is 0 Å². The Labute approximate surface area is 367 Å². The number of hydrogen-bond acceptors (Lipinski definition) is 10. The lowest BCUT2D eigenvalue weighted by molar-refractivity contribution is -0.161. The number of aliphatic carboxylic acids is 1. The van der Waals surface area contributed by atoms with Gasteiger partial charge in [-0.1, -0.05) is 163 Å². The van der Waals surface area contributed by atoms with Crippen LogP contribution in [-0.4, -0.2) is 71.1 Å². The summed E-state index contributed by atoms with van der Waals surface area (Å²) in [6.45, 7) is 2.52. The maximum absolute atomic E-state index is 12.6. The molecule has 0 aromatic heterocycles. The minimum Gasteiger partial charge on any atom is -0.480 e. The van der Waals surface area contributed by atoms with Crippen LogP contribution < -0.4 is 5.73 Å². The summed E-state index contributed by atoms with van der Waals surface area (Å²) < 4.78 is 32.6. The number of aliphatic hydroxyl groups excluding tert-OH is 1. The number of phosphoric acid groups is 1. The first-order valence-electron chi connectivity index (χ1n) is 22.7. The van der Waals surface area contributed by atoms with Gasteiger partial charge in [0.05, 0.1) is 19.3 Å². The van der Waals surface area contributed by atoms with Gasteiger partial charge in [-0.3, -0.25) is 23.4 Å². The van der Waals surface area contributed by atoms with Crippen molar-refractivity contribution < 1.29 is 52.6 Å². The zero-order chi connectivity index (χ0) is 45.1. The zero-order valence-corrected chi connectivity index (χ0v) is 38.2. The number of aliphatic hydroxyl groups is 1. The molecule has 61 heavy (non-hydrogen) atoms. The number of phosphoric ester groups is 1. The molecule has 0 aromatic carbocycles. The number of hydrogen-bond donors (Lipinski definition) is 4. The van der Waals surface area contributed by atoms with E-state index in [9.17, 15) is 28.9 Å². The molecule has 0 aliphatic rings. The fraction of sp³-hybridized carbons (Fsp3) is 0.646. The number of unbranched alkanes of at least 4 members (excludes halogenated alkanes) is 13. The third-order valence-corrected chi connectivity index (χ3v) is 10.2. The van der Waals surface area contributed by atoms with Crippen LogP contribution >= 0.6 is 7.82 Å². The van der Waals surface area contributed by atoms with E-state index in [-0.39, 0.29) is 12.8 Å². The van der Waals surface area contributed by atoms with Gasteiger partial charge in [-0.15, -0.1) is 0 Å². The van der Waals surface area contributed by atoms with Crippen LogP contribution in [0, 0.1) is 0 Å². The predicted octanol–water partition coefficient (Wildman–Crippen LogP) is 11.3. The summed E-state index contributed by atoms with van der Waals surface area (Å²) in [5.74, 6) is -2.54. The smallest absolute Gasteiger partial charge is 0.472 e. The molecule has 0 aromatic rings. The van der Waals surface area contributed by atoms with Crippen molar-refractivity contribution in [2.75, 3.05) is 19.8 Å². The number of allylic oxidation sites excluding steroid dienone is 12. The highest BCUT2D eigenvalue weighted by atomic mass is 31.2. The molecule has 5 N–H and O–H groups in total. The van der Waals surface area contributed by atoms with E-state index >= 15 is 0 Å². The standard InChI is InChI=1S/C48H80NO11P/c1-3-5-7-9-11-12-13-14-15-16-17-18-19-23-26-30-34-38-46(51)57-40-44(41-58-61(55,56)59-42-45(49)48(53)54)60-47(52)39-35-31-27-24-21-20-22-25-29-33-37-43(50)36-32-28-10-8-6-4-2/h6,8,14-15,20-21,25,27-29,31-33,37,43-45,50H,3-5,7,9-13,16-19,22-24,26,30,34-36,38-42,49H2,1-2H3,(H,53,54)(H,55,56)/b8-6-,15-14-,21-20-,29-25-,31-27-,32-28-,37-33+/t43?,44-,45+/m1/s1. The molecule has 0 radical (unpaired) electrons. The molecule has 0 fully saturated rings. The Morgan fingerprint density at radius 1 is 0.607 bits per heavy atom. The van der Waals surface area contributed by atoms with E-state index < -0.39 is 63.8 Å². The largest absolute Gasteiger partial charge is 0.480 e. The lowest BCUT2D eigenvalue weighted by atomic mass is 10.1. The van der Waals surface area contributed by atoms with Crippen molar-refractivity contribution in [1.82, 2.24) is 0 Å². The third-order valence-electron chi connectivity index (χ3n) is 9.22. The number of rotatable bonds is 41. The first-order chi connectivity index (χ1) is 29.5. The molecular weight excluding hydrogens is 797 g/mol. The summed E-state index contributed by atoms with van der Waals surface area (Å²) in [6, 6.07) is -1.55. The average Bonchev–Trinajstić information content (AvgIpc) is 3.23. The molecule has 348 valence electrons. The summed E-state index contributed by atoms with van der Waals surface area (Å²) in [7, 11) is -4.76. The highest BCUT2D eigenvalue weighted by Crippen LogP contribution is 2.43. The molecule has 0 spiro atoms. The molecular formula is C48H80NO11P. The number of ether oxygens (including phenoxy) is 2.